The number of anilines is 1. The standard InChI is InChI=1S/C13H12F2N2OS/c14-9-1-2-11(15)10(7-9)12-8-19-13(16-12)17-3-5-18-6-4-17/h1-2,7-8H,3-6H2. The normalized spacial score (nSPS) is 15.8. The van der Waals surface area contributed by atoms with Crippen LogP contribution in [0.2, 0.25) is 0 Å². The van der Waals surface area contributed by atoms with Gasteiger partial charge in [-0.2, -0.15) is 0 Å². The Labute approximate surface area is 113 Å². The molecule has 0 amide bonds. The van der Waals surface area contributed by atoms with Crippen molar-refractivity contribution in [1.29, 1.82) is 0 Å². The third kappa shape index (κ3) is 2.59. The van der Waals surface area contributed by atoms with E-state index in [2.05, 4.69) is 9.88 Å². The summed E-state index contributed by atoms with van der Waals surface area (Å²) in [6.07, 6.45) is 0. The van der Waals surface area contributed by atoms with Gasteiger partial charge in [-0.3, -0.25) is 0 Å². The number of thiazole rings is 1. The number of rotatable bonds is 2. The smallest absolute Gasteiger partial charge is 0.186 e. The van der Waals surface area contributed by atoms with Crippen LogP contribution >= 0.6 is 11.3 Å². The second-order valence-electron chi connectivity index (χ2n) is 4.24. The molecule has 1 aromatic carbocycles. The highest BCUT2D eigenvalue weighted by molar-refractivity contribution is 7.14. The van der Waals surface area contributed by atoms with E-state index < -0.39 is 11.6 Å². The van der Waals surface area contributed by atoms with Gasteiger partial charge in [0.05, 0.1) is 18.9 Å². The number of nitrogens with zero attached hydrogens (tertiary/aromatic N) is 2. The Bertz CT molecular complexity index is 582. The first kappa shape index (κ1) is 12.5. The van der Waals surface area contributed by atoms with Crippen molar-refractivity contribution in [3.05, 3.63) is 35.2 Å². The molecular formula is C13H12F2N2OS. The maximum absolute atomic E-state index is 13.7. The topological polar surface area (TPSA) is 25.4 Å². The first-order chi connectivity index (χ1) is 9.24. The van der Waals surface area contributed by atoms with Gasteiger partial charge in [0.1, 0.15) is 11.6 Å². The molecule has 1 aliphatic rings. The second kappa shape index (κ2) is 5.22. The lowest BCUT2D eigenvalue weighted by Crippen LogP contribution is -2.36. The van der Waals surface area contributed by atoms with Crippen LogP contribution in [0.15, 0.2) is 23.6 Å². The molecule has 0 saturated carbocycles. The van der Waals surface area contributed by atoms with Gasteiger partial charge in [-0.1, -0.05) is 0 Å². The second-order valence-corrected chi connectivity index (χ2v) is 5.08. The van der Waals surface area contributed by atoms with Crippen LogP contribution in [0.5, 0.6) is 0 Å². The molecule has 6 heteroatoms. The van der Waals surface area contributed by atoms with Gasteiger partial charge in [0.25, 0.3) is 0 Å². The fourth-order valence-corrected chi connectivity index (χ4v) is 2.86. The SMILES string of the molecule is Fc1ccc(F)c(-c2csc(N3CCOCC3)n2)c1. The summed E-state index contributed by atoms with van der Waals surface area (Å²) < 4.78 is 32.1. The number of aromatic nitrogens is 1. The van der Waals surface area contributed by atoms with Gasteiger partial charge in [-0.25, -0.2) is 13.8 Å². The molecule has 100 valence electrons. The van der Waals surface area contributed by atoms with Gasteiger partial charge in [-0.05, 0) is 18.2 Å². The van der Waals surface area contributed by atoms with Crippen molar-refractivity contribution in [2.24, 2.45) is 0 Å². The van der Waals surface area contributed by atoms with E-state index in [1.807, 2.05) is 0 Å². The van der Waals surface area contributed by atoms with Crippen LogP contribution in [0, 0.1) is 11.6 Å². The van der Waals surface area contributed by atoms with Gasteiger partial charge in [0.2, 0.25) is 0 Å². The molecule has 0 radical (unpaired) electrons. The molecule has 0 N–H and O–H groups in total. The van der Waals surface area contributed by atoms with Crippen LogP contribution in [-0.4, -0.2) is 31.3 Å². The Hall–Kier alpha value is -1.53. The number of benzene rings is 1. The summed E-state index contributed by atoms with van der Waals surface area (Å²) in [5.41, 5.74) is 0.680. The van der Waals surface area contributed by atoms with Crippen LogP contribution in [0.3, 0.4) is 0 Å². The van der Waals surface area contributed by atoms with Crippen molar-refractivity contribution in [2.75, 3.05) is 31.2 Å². The molecule has 0 bridgehead atoms. The predicted molar refractivity (Wildman–Crippen MR) is 70.5 cm³/mol. The highest BCUT2D eigenvalue weighted by atomic mass is 32.1. The predicted octanol–water partition coefficient (Wildman–Crippen LogP) is 2.92. The Morgan fingerprint density at radius 2 is 2.00 bits per heavy atom. The van der Waals surface area contributed by atoms with Gasteiger partial charge in [0, 0.05) is 24.0 Å². The van der Waals surface area contributed by atoms with E-state index >= 15 is 0 Å². The van der Waals surface area contributed by atoms with Gasteiger partial charge in [0.15, 0.2) is 5.13 Å². The highest BCUT2D eigenvalue weighted by Crippen LogP contribution is 2.29. The minimum absolute atomic E-state index is 0.204. The minimum atomic E-state index is -0.461. The van der Waals surface area contributed by atoms with Crippen LogP contribution < -0.4 is 4.90 Å². The average Bonchev–Trinajstić information content (AvgIpc) is 2.92. The Morgan fingerprint density at radius 1 is 1.21 bits per heavy atom. The van der Waals surface area contributed by atoms with Crippen molar-refractivity contribution in [2.45, 2.75) is 0 Å². The molecule has 1 aromatic heterocycles. The fourth-order valence-electron chi connectivity index (χ4n) is 1.98. The lowest BCUT2D eigenvalue weighted by Gasteiger charge is -2.26. The summed E-state index contributed by atoms with van der Waals surface area (Å²) in [7, 11) is 0. The monoisotopic (exact) mass is 282 g/mol. The average molecular weight is 282 g/mol. The Morgan fingerprint density at radius 3 is 2.79 bits per heavy atom. The highest BCUT2D eigenvalue weighted by Gasteiger charge is 2.16. The van der Waals surface area contributed by atoms with Crippen LogP contribution in [-0.2, 0) is 4.74 Å². The summed E-state index contributed by atoms with van der Waals surface area (Å²) in [5.74, 6) is -0.919. The molecule has 2 aromatic rings. The van der Waals surface area contributed by atoms with Crippen molar-refractivity contribution in [3.8, 4) is 11.3 Å². The first-order valence-electron chi connectivity index (χ1n) is 5.98. The van der Waals surface area contributed by atoms with Crippen molar-refractivity contribution >= 4 is 16.5 Å². The van der Waals surface area contributed by atoms with E-state index in [-0.39, 0.29) is 5.56 Å². The quantitative estimate of drug-likeness (QED) is 0.847. The fraction of sp³-hybridized carbons (Fsp3) is 0.308. The maximum Gasteiger partial charge on any atom is 0.186 e. The van der Waals surface area contributed by atoms with E-state index in [1.54, 1.807) is 5.38 Å². The summed E-state index contributed by atoms with van der Waals surface area (Å²) >= 11 is 1.44. The van der Waals surface area contributed by atoms with E-state index in [0.717, 1.165) is 30.4 Å². The largest absolute Gasteiger partial charge is 0.378 e. The zero-order valence-corrected chi connectivity index (χ0v) is 10.9. The van der Waals surface area contributed by atoms with Gasteiger partial charge in [-0.15, -0.1) is 11.3 Å². The molecule has 0 atom stereocenters. The van der Waals surface area contributed by atoms with E-state index in [9.17, 15) is 8.78 Å². The molecule has 1 saturated heterocycles. The van der Waals surface area contributed by atoms with E-state index in [1.165, 1.54) is 17.4 Å². The zero-order chi connectivity index (χ0) is 13.2. The van der Waals surface area contributed by atoms with Crippen molar-refractivity contribution < 1.29 is 13.5 Å². The molecule has 1 aliphatic heterocycles. The lowest BCUT2D eigenvalue weighted by molar-refractivity contribution is 0.122. The molecule has 3 rings (SSSR count). The molecule has 0 spiro atoms. The summed E-state index contributed by atoms with van der Waals surface area (Å²) in [4.78, 5) is 6.48. The van der Waals surface area contributed by atoms with Crippen molar-refractivity contribution in [1.82, 2.24) is 4.98 Å². The molecular weight excluding hydrogens is 270 g/mol. The number of hydrogen-bond acceptors (Lipinski definition) is 4. The third-order valence-corrected chi connectivity index (χ3v) is 3.88. The summed E-state index contributed by atoms with van der Waals surface area (Å²) in [6.45, 7) is 2.89. The molecule has 2 heterocycles. The number of morpholine rings is 1. The minimum Gasteiger partial charge on any atom is -0.378 e. The van der Waals surface area contributed by atoms with Gasteiger partial charge < -0.3 is 9.64 Å². The molecule has 0 unspecified atom stereocenters. The molecule has 3 nitrogen and oxygen atoms in total. The van der Waals surface area contributed by atoms with Crippen molar-refractivity contribution in [3.63, 3.8) is 0 Å². The van der Waals surface area contributed by atoms with Gasteiger partial charge >= 0.3 is 0 Å². The number of ether oxygens (including phenoxy) is 1. The van der Waals surface area contributed by atoms with Crippen LogP contribution in [0.25, 0.3) is 11.3 Å². The molecule has 19 heavy (non-hydrogen) atoms. The van der Waals surface area contributed by atoms with Crippen LogP contribution in [0.4, 0.5) is 13.9 Å². The van der Waals surface area contributed by atoms with E-state index in [0.29, 0.717) is 18.9 Å². The Kier molecular flexibility index (Phi) is 3.44. The number of hydrogen-bond donors (Lipinski definition) is 0. The lowest BCUT2D eigenvalue weighted by atomic mass is 10.1. The van der Waals surface area contributed by atoms with E-state index in [4.69, 9.17) is 4.74 Å². The zero-order valence-electron chi connectivity index (χ0n) is 10.1. The van der Waals surface area contributed by atoms with Crippen LogP contribution in [0.1, 0.15) is 0 Å². The maximum atomic E-state index is 13.7. The Balaban J connectivity index is 1.89. The molecule has 1 fully saturated rings. The summed E-state index contributed by atoms with van der Waals surface area (Å²) in [6, 6.07) is 3.40. The third-order valence-electron chi connectivity index (χ3n) is 2.98. The molecule has 0 aliphatic carbocycles. The number of halogens is 2. The summed E-state index contributed by atoms with van der Waals surface area (Å²) in [5, 5.41) is 2.57. The first-order valence-corrected chi connectivity index (χ1v) is 6.85.